The second-order valence-electron chi connectivity index (χ2n) is 4.16. The van der Waals surface area contributed by atoms with Gasteiger partial charge in [0.15, 0.2) is 0 Å². The van der Waals surface area contributed by atoms with Crippen LogP contribution in [0.3, 0.4) is 0 Å². The van der Waals surface area contributed by atoms with Crippen LogP contribution in [0.5, 0.6) is 0 Å². The molecule has 14 heavy (non-hydrogen) atoms. The zero-order valence-corrected chi connectivity index (χ0v) is 8.96. The monoisotopic (exact) mass is 187 g/mol. The first kappa shape index (κ1) is 9.32. The lowest BCUT2D eigenvalue weighted by molar-refractivity contribution is 0.777. The van der Waals surface area contributed by atoms with E-state index in [1.54, 1.807) is 0 Å². The van der Waals surface area contributed by atoms with Crippen molar-refractivity contribution in [1.82, 2.24) is 0 Å². The van der Waals surface area contributed by atoms with Crippen molar-refractivity contribution in [3.8, 4) is 0 Å². The summed E-state index contributed by atoms with van der Waals surface area (Å²) in [7, 11) is 0. The molecule has 0 spiro atoms. The quantitative estimate of drug-likeness (QED) is 0.643. The zero-order valence-electron chi connectivity index (χ0n) is 8.96. The molecule has 1 aromatic carbocycles. The number of fused-ring (bicyclic) bond motifs is 1. The Labute approximate surface area is 86.1 Å². The molecule has 74 valence electrons. The summed E-state index contributed by atoms with van der Waals surface area (Å²) in [6, 6.07) is 6.73. The third kappa shape index (κ3) is 1.43. The van der Waals surface area contributed by atoms with Gasteiger partial charge in [-0.2, -0.15) is 0 Å². The van der Waals surface area contributed by atoms with Gasteiger partial charge in [-0.3, -0.25) is 0 Å². The fourth-order valence-corrected chi connectivity index (χ4v) is 2.21. The van der Waals surface area contributed by atoms with E-state index in [1.165, 1.54) is 16.8 Å². The molecular formula is C13H17N. The van der Waals surface area contributed by atoms with Gasteiger partial charge in [-0.1, -0.05) is 30.7 Å². The summed E-state index contributed by atoms with van der Waals surface area (Å²) in [4.78, 5) is 2.40. The molecule has 0 fully saturated rings. The highest BCUT2D eigenvalue weighted by Crippen LogP contribution is 2.36. The summed E-state index contributed by atoms with van der Waals surface area (Å²) in [5, 5.41) is 0. The van der Waals surface area contributed by atoms with E-state index in [2.05, 4.69) is 43.5 Å². The van der Waals surface area contributed by atoms with Crippen molar-refractivity contribution in [1.29, 1.82) is 0 Å². The summed E-state index contributed by atoms with van der Waals surface area (Å²) in [5.74, 6) is 0.657. The van der Waals surface area contributed by atoms with Gasteiger partial charge in [-0.25, -0.2) is 0 Å². The van der Waals surface area contributed by atoms with E-state index in [0.717, 1.165) is 13.1 Å². The third-order valence-corrected chi connectivity index (χ3v) is 2.90. The molecule has 0 N–H and O–H groups in total. The number of rotatable bonds is 2. The molecule has 0 radical (unpaired) electrons. The molecule has 0 saturated carbocycles. The lowest BCUT2D eigenvalue weighted by Gasteiger charge is -2.16. The highest BCUT2D eigenvalue weighted by atomic mass is 15.1. The largest absolute Gasteiger partial charge is 0.367 e. The Morgan fingerprint density at radius 1 is 1.57 bits per heavy atom. The third-order valence-electron chi connectivity index (χ3n) is 2.90. The molecule has 1 heteroatoms. The van der Waals surface area contributed by atoms with Crippen molar-refractivity contribution in [3.05, 3.63) is 42.0 Å². The molecule has 2 rings (SSSR count). The van der Waals surface area contributed by atoms with Gasteiger partial charge in [-0.05, 0) is 18.6 Å². The molecule has 0 aromatic heterocycles. The molecule has 1 aromatic rings. The van der Waals surface area contributed by atoms with E-state index in [1.807, 2.05) is 6.08 Å². The molecule has 1 atom stereocenters. The minimum atomic E-state index is 0.657. The normalized spacial score (nSPS) is 19.6. The Balaban J connectivity index is 2.39. The van der Waals surface area contributed by atoms with E-state index >= 15 is 0 Å². The van der Waals surface area contributed by atoms with Gasteiger partial charge in [0.25, 0.3) is 0 Å². The molecule has 1 heterocycles. The van der Waals surface area contributed by atoms with Gasteiger partial charge in [0.1, 0.15) is 0 Å². The SMILES string of the molecule is C=CCN1CC(C)c2cc(C)ccc21. The van der Waals surface area contributed by atoms with Crippen molar-refractivity contribution >= 4 is 5.69 Å². The number of anilines is 1. The zero-order chi connectivity index (χ0) is 10.1. The van der Waals surface area contributed by atoms with E-state index in [9.17, 15) is 0 Å². The van der Waals surface area contributed by atoms with Gasteiger partial charge in [-0.15, -0.1) is 6.58 Å². The van der Waals surface area contributed by atoms with Crippen molar-refractivity contribution < 1.29 is 0 Å². The van der Waals surface area contributed by atoms with Crippen molar-refractivity contribution in [2.24, 2.45) is 0 Å². The van der Waals surface area contributed by atoms with Crippen LogP contribution < -0.4 is 4.90 Å². The summed E-state index contributed by atoms with van der Waals surface area (Å²) in [5.41, 5.74) is 4.24. The minimum absolute atomic E-state index is 0.657. The number of benzene rings is 1. The second kappa shape index (κ2) is 3.49. The van der Waals surface area contributed by atoms with E-state index in [4.69, 9.17) is 0 Å². The highest BCUT2D eigenvalue weighted by Gasteiger charge is 2.23. The topological polar surface area (TPSA) is 3.24 Å². The van der Waals surface area contributed by atoms with Crippen LogP contribution in [-0.4, -0.2) is 13.1 Å². The highest BCUT2D eigenvalue weighted by molar-refractivity contribution is 5.61. The summed E-state index contributed by atoms with van der Waals surface area (Å²) >= 11 is 0. The van der Waals surface area contributed by atoms with E-state index in [0.29, 0.717) is 5.92 Å². The first-order valence-electron chi connectivity index (χ1n) is 5.18. The minimum Gasteiger partial charge on any atom is -0.367 e. The van der Waals surface area contributed by atoms with Crippen LogP contribution in [0.25, 0.3) is 0 Å². The average Bonchev–Trinajstić information content (AvgIpc) is 2.44. The molecule has 0 amide bonds. The molecule has 1 aliphatic rings. The standard InChI is InChI=1S/C13H17N/c1-4-7-14-9-11(3)12-8-10(2)5-6-13(12)14/h4-6,8,11H,1,7,9H2,2-3H3. The number of aryl methyl sites for hydroxylation is 1. The van der Waals surface area contributed by atoms with E-state index < -0.39 is 0 Å². The first-order chi connectivity index (χ1) is 6.72. The smallest absolute Gasteiger partial charge is 0.0405 e. The maximum absolute atomic E-state index is 3.80. The fraction of sp³-hybridized carbons (Fsp3) is 0.385. The van der Waals surface area contributed by atoms with Crippen LogP contribution in [0.4, 0.5) is 5.69 Å². The average molecular weight is 187 g/mol. The second-order valence-corrected chi connectivity index (χ2v) is 4.16. The molecule has 1 aliphatic heterocycles. The van der Waals surface area contributed by atoms with E-state index in [-0.39, 0.29) is 0 Å². The lowest BCUT2D eigenvalue weighted by Crippen LogP contribution is -2.20. The maximum Gasteiger partial charge on any atom is 0.0405 e. The van der Waals surface area contributed by atoms with Crippen LogP contribution in [0, 0.1) is 6.92 Å². The summed E-state index contributed by atoms with van der Waals surface area (Å²) in [6.45, 7) is 10.3. The Morgan fingerprint density at radius 2 is 2.36 bits per heavy atom. The molecule has 0 bridgehead atoms. The van der Waals surface area contributed by atoms with Crippen molar-refractivity contribution in [2.75, 3.05) is 18.0 Å². The predicted molar refractivity (Wildman–Crippen MR) is 62.0 cm³/mol. The molecule has 0 aliphatic carbocycles. The predicted octanol–water partition coefficient (Wildman–Crippen LogP) is 3.10. The van der Waals surface area contributed by atoms with Crippen LogP contribution in [0.2, 0.25) is 0 Å². The van der Waals surface area contributed by atoms with Crippen LogP contribution in [0.1, 0.15) is 24.0 Å². The number of hydrogen-bond acceptors (Lipinski definition) is 1. The van der Waals surface area contributed by atoms with Gasteiger partial charge in [0.05, 0.1) is 0 Å². The van der Waals surface area contributed by atoms with Crippen molar-refractivity contribution in [2.45, 2.75) is 19.8 Å². The lowest BCUT2D eigenvalue weighted by atomic mass is 10.0. The number of nitrogens with zero attached hydrogens (tertiary/aromatic N) is 1. The van der Waals surface area contributed by atoms with Crippen LogP contribution in [-0.2, 0) is 0 Å². The Kier molecular flexibility index (Phi) is 2.32. The van der Waals surface area contributed by atoms with Crippen molar-refractivity contribution in [3.63, 3.8) is 0 Å². The van der Waals surface area contributed by atoms with Gasteiger partial charge in [0.2, 0.25) is 0 Å². The van der Waals surface area contributed by atoms with Gasteiger partial charge < -0.3 is 4.90 Å². The fourth-order valence-electron chi connectivity index (χ4n) is 2.21. The molecule has 1 unspecified atom stereocenters. The molecule has 0 saturated heterocycles. The Hall–Kier alpha value is -1.24. The Morgan fingerprint density at radius 3 is 3.07 bits per heavy atom. The van der Waals surface area contributed by atoms with Gasteiger partial charge in [0, 0.05) is 24.7 Å². The van der Waals surface area contributed by atoms with Crippen LogP contribution >= 0.6 is 0 Å². The summed E-state index contributed by atoms with van der Waals surface area (Å²) in [6.07, 6.45) is 1.97. The molecule has 1 nitrogen and oxygen atoms in total. The van der Waals surface area contributed by atoms with Crippen LogP contribution in [0.15, 0.2) is 30.9 Å². The Bertz CT molecular complexity index is 354. The summed E-state index contributed by atoms with van der Waals surface area (Å²) < 4.78 is 0. The number of hydrogen-bond donors (Lipinski definition) is 0. The van der Waals surface area contributed by atoms with Gasteiger partial charge >= 0.3 is 0 Å². The first-order valence-corrected chi connectivity index (χ1v) is 5.18. The maximum atomic E-state index is 3.80. The molecular weight excluding hydrogens is 170 g/mol.